The molecule has 0 bridgehead atoms. The van der Waals surface area contributed by atoms with Gasteiger partial charge in [-0.15, -0.1) is 0 Å². The van der Waals surface area contributed by atoms with Crippen LogP contribution in [-0.4, -0.2) is 4.98 Å². The second-order valence-corrected chi connectivity index (χ2v) is 2.14. The highest BCUT2D eigenvalue weighted by Gasteiger charge is 1.91. The van der Waals surface area contributed by atoms with Crippen LogP contribution in [0.3, 0.4) is 0 Å². The Bertz CT molecular complexity index is 220. The van der Waals surface area contributed by atoms with Crippen LogP contribution in [0, 0.1) is 13.8 Å². The molecule has 0 saturated carbocycles. The van der Waals surface area contributed by atoms with E-state index in [4.69, 9.17) is 5.73 Å². The van der Waals surface area contributed by atoms with E-state index in [9.17, 15) is 0 Å². The van der Waals surface area contributed by atoms with Crippen LogP contribution in [0.4, 0.5) is 5.82 Å². The smallest absolute Gasteiger partial charge is 0.123 e. The molecule has 0 fully saturated rings. The Morgan fingerprint density at radius 1 is 0.867 bits per heavy atom. The first-order valence-electron chi connectivity index (χ1n) is 5.90. The van der Waals surface area contributed by atoms with E-state index < -0.39 is 0 Å². The Balaban J connectivity index is -0.000000208. The summed E-state index contributed by atoms with van der Waals surface area (Å²) in [6, 6.07) is 3.78. The minimum atomic E-state index is 0.595. The normalized spacial score (nSPS) is 6.93. The predicted octanol–water partition coefficient (Wildman–Crippen LogP) is 4.36. The van der Waals surface area contributed by atoms with Crippen molar-refractivity contribution in [2.45, 2.75) is 55.4 Å². The molecule has 0 aromatic carbocycles. The molecule has 2 nitrogen and oxygen atoms in total. The van der Waals surface area contributed by atoms with E-state index in [1.165, 1.54) is 5.56 Å². The Labute approximate surface area is 95.9 Å². The maximum Gasteiger partial charge on any atom is 0.123 e. The Kier molecular flexibility index (Phi) is 20.1. The number of nitrogen functional groups attached to an aromatic ring is 1. The molecular formula is C13H28N2. The number of aromatic nitrogens is 1. The molecule has 0 spiro atoms. The van der Waals surface area contributed by atoms with E-state index in [0.717, 1.165) is 5.69 Å². The van der Waals surface area contributed by atoms with Gasteiger partial charge in [-0.3, -0.25) is 0 Å². The zero-order valence-corrected chi connectivity index (χ0v) is 11.7. The van der Waals surface area contributed by atoms with Gasteiger partial charge < -0.3 is 5.73 Å². The first kappa shape index (κ1) is 19.5. The molecule has 2 N–H and O–H groups in total. The molecule has 0 saturated heterocycles. The number of pyridine rings is 1. The van der Waals surface area contributed by atoms with Crippen molar-refractivity contribution in [3.63, 3.8) is 0 Å². The van der Waals surface area contributed by atoms with Crippen LogP contribution in [0.1, 0.15) is 52.8 Å². The Morgan fingerprint density at radius 3 is 1.53 bits per heavy atom. The SMILES string of the molecule is CC.CC.CC.Cc1ccc(N)nc1C. The first-order chi connectivity index (χ1) is 7.20. The number of hydrogen-bond donors (Lipinski definition) is 1. The van der Waals surface area contributed by atoms with Crippen molar-refractivity contribution in [3.05, 3.63) is 23.4 Å². The zero-order valence-electron chi connectivity index (χ0n) is 11.7. The van der Waals surface area contributed by atoms with Crippen molar-refractivity contribution < 1.29 is 0 Å². The lowest BCUT2D eigenvalue weighted by Gasteiger charge is -1.97. The van der Waals surface area contributed by atoms with Gasteiger partial charge in [-0.2, -0.15) is 0 Å². The largest absolute Gasteiger partial charge is 0.384 e. The van der Waals surface area contributed by atoms with E-state index in [1.807, 2.05) is 67.5 Å². The molecule has 0 unspecified atom stereocenters. The van der Waals surface area contributed by atoms with Crippen molar-refractivity contribution >= 4 is 5.82 Å². The molecule has 2 heteroatoms. The third kappa shape index (κ3) is 10.9. The van der Waals surface area contributed by atoms with Crippen LogP contribution < -0.4 is 5.73 Å². The molecule has 15 heavy (non-hydrogen) atoms. The van der Waals surface area contributed by atoms with Crippen molar-refractivity contribution in [2.75, 3.05) is 5.73 Å². The zero-order chi connectivity index (χ0) is 12.9. The van der Waals surface area contributed by atoms with Crippen LogP contribution in [0.2, 0.25) is 0 Å². The standard InChI is InChI=1S/C7H10N2.3C2H6/c1-5-3-4-7(8)9-6(5)2;3*1-2/h3-4H,1-2H3,(H2,8,9);3*1-2H3. The molecule has 0 aliphatic carbocycles. The lowest BCUT2D eigenvalue weighted by Crippen LogP contribution is -1.92. The van der Waals surface area contributed by atoms with E-state index in [0.29, 0.717) is 5.82 Å². The molecular weight excluding hydrogens is 184 g/mol. The lowest BCUT2D eigenvalue weighted by molar-refractivity contribution is 1.16. The molecule has 0 aliphatic heterocycles. The molecule has 1 aromatic heterocycles. The topological polar surface area (TPSA) is 38.9 Å². The van der Waals surface area contributed by atoms with Crippen LogP contribution in [0.5, 0.6) is 0 Å². The van der Waals surface area contributed by atoms with Gasteiger partial charge in [-0.05, 0) is 25.5 Å². The third-order valence-corrected chi connectivity index (χ3v) is 1.37. The fraction of sp³-hybridized carbons (Fsp3) is 0.615. The molecule has 0 atom stereocenters. The summed E-state index contributed by atoms with van der Waals surface area (Å²) in [6.45, 7) is 16.0. The maximum absolute atomic E-state index is 5.42. The van der Waals surface area contributed by atoms with Crippen LogP contribution >= 0.6 is 0 Å². The van der Waals surface area contributed by atoms with Crippen LogP contribution in [-0.2, 0) is 0 Å². The quantitative estimate of drug-likeness (QED) is 0.694. The maximum atomic E-state index is 5.42. The number of anilines is 1. The molecule has 1 aromatic rings. The van der Waals surface area contributed by atoms with Crippen molar-refractivity contribution in [3.8, 4) is 0 Å². The van der Waals surface area contributed by atoms with Crippen molar-refractivity contribution in [1.29, 1.82) is 0 Å². The highest BCUT2D eigenvalue weighted by atomic mass is 14.8. The molecule has 1 heterocycles. The molecule has 0 amide bonds. The predicted molar refractivity (Wildman–Crippen MR) is 72.2 cm³/mol. The molecule has 90 valence electrons. The van der Waals surface area contributed by atoms with Gasteiger partial charge in [0, 0.05) is 5.69 Å². The Hall–Kier alpha value is -1.05. The highest BCUT2D eigenvalue weighted by Crippen LogP contribution is 2.04. The second kappa shape index (κ2) is 15.4. The summed E-state index contributed by atoms with van der Waals surface area (Å²) in [4.78, 5) is 4.05. The summed E-state index contributed by atoms with van der Waals surface area (Å²) in [5, 5.41) is 0. The van der Waals surface area contributed by atoms with E-state index in [-0.39, 0.29) is 0 Å². The summed E-state index contributed by atoms with van der Waals surface area (Å²) in [7, 11) is 0. The number of rotatable bonds is 0. The van der Waals surface area contributed by atoms with Gasteiger partial charge in [-0.1, -0.05) is 47.6 Å². The fourth-order valence-corrected chi connectivity index (χ4v) is 0.650. The third-order valence-electron chi connectivity index (χ3n) is 1.37. The minimum Gasteiger partial charge on any atom is -0.384 e. The highest BCUT2D eigenvalue weighted by molar-refractivity contribution is 5.32. The van der Waals surface area contributed by atoms with Gasteiger partial charge in [0.2, 0.25) is 0 Å². The van der Waals surface area contributed by atoms with E-state index >= 15 is 0 Å². The summed E-state index contributed by atoms with van der Waals surface area (Å²) in [5.41, 5.74) is 7.61. The average Bonchev–Trinajstić information content (AvgIpc) is 2.32. The number of hydrogen-bond acceptors (Lipinski definition) is 2. The second-order valence-electron chi connectivity index (χ2n) is 2.14. The van der Waals surface area contributed by atoms with Gasteiger partial charge in [0.1, 0.15) is 5.82 Å². The van der Waals surface area contributed by atoms with Crippen molar-refractivity contribution in [1.82, 2.24) is 4.98 Å². The van der Waals surface area contributed by atoms with Gasteiger partial charge in [0.05, 0.1) is 0 Å². The van der Waals surface area contributed by atoms with Gasteiger partial charge in [-0.25, -0.2) is 4.98 Å². The lowest BCUT2D eigenvalue weighted by atomic mass is 10.2. The van der Waals surface area contributed by atoms with Crippen LogP contribution in [0.15, 0.2) is 12.1 Å². The van der Waals surface area contributed by atoms with Crippen molar-refractivity contribution in [2.24, 2.45) is 0 Å². The number of nitrogens with zero attached hydrogens (tertiary/aromatic N) is 1. The number of nitrogens with two attached hydrogens (primary N) is 1. The van der Waals surface area contributed by atoms with Gasteiger partial charge in [0.25, 0.3) is 0 Å². The fourth-order valence-electron chi connectivity index (χ4n) is 0.650. The summed E-state index contributed by atoms with van der Waals surface area (Å²) in [5.74, 6) is 0.595. The molecule has 1 rings (SSSR count). The summed E-state index contributed by atoms with van der Waals surface area (Å²) >= 11 is 0. The Morgan fingerprint density at radius 2 is 1.27 bits per heavy atom. The van der Waals surface area contributed by atoms with Gasteiger partial charge >= 0.3 is 0 Å². The van der Waals surface area contributed by atoms with Gasteiger partial charge in [0.15, 0.2) is 0 Å². The monoisotopic (exact) mass is 212 g/mol. The summed E-state index contributed by atoms with van der Waals surface area (Å²) < 4.78 is 0. The minimum absolute atomic E-state index is 0.595. The number of aryl methyl sites for hydroxylation is 2. The van der Waals surface area contributed by atoms with E-state index in [2.05, 4.69) is 4.98 Å². The van der Waals surface area contributed by atoms with E-state index in [1.54, 1.807) is 0 Å². The first-order valence-corrected chi connectivity index (χ1v) is 5.90. The average molecular weight is 212 g/mol. The van der Waals surface area contributed by atoms with Crippen LogP contribution in [0.25, 0.3) is 0 Å². The summed E-state index contributed by atoms with van der Waals surface area (Å²) in [6.07, 6.45) is 0. The molecule has 0 aliphatic rings. The molecule has 0 radical (unpaired) electrons.